The maximum Gasteiger partial charge on any atom is 0.328 e. The molecule has 26 heavy (non-hydrogen) atoms. The van der Waals surface area contributed by atoms with E-state index in [1.54, 1.807) is 0 Å². The molecule has 0 saturated heterocycles. The zero-order valence-electron chi connectivity index (χ0n) is 13.9. The van der Waals surface area contributed by atoms with Crippen molar-refractivity contribution in [3.8, 4) is 0 Å². The van der Waals surface area contributed by atoms with Gasteiger partial charge in [-0.15, -0.1) is 0 Å². The van der Waals surface area contributed by atoms with Gasteiger partial charge in [0.05, 0.1) is 5.92 Å². The van der Waals surface area contributed by atoms with E-state index >= 15 is 0 Å². The zero-order chi connectivity index (χ0) is 18.6. The molecule has 0 aromatic heterocycles. The van der Waals surface area contributed by atoms with Crippen LogP contribution in [0.4, 0.5) is 0 Å². The zero-order valence-corrected chi connectivity index (χ0v) is 13.9. The van der Waals surface area contributed by atoms with Gasteiger partial charge in [-0.25, -0.2) is 4.79 Å². The van der Waals surface area contributed by atoms with Crippen LogP contribution in [0.3, 0.4) is 0 Å². The predicted octanol–water partition coefficient (Wildman–Crippen LogP) is 1.78. The number of hydrazine groups is 1. The molecule has 0 spiro atoms. The molecule has 0 heterocycles. The lowest BCUT2D eigenvalue weighted by Gasteiger charge is -2.19. The second-order valence-corrected chi connectivity index (χ2v) is 6.11. The van der Waals surface area contributed by atoms with Crippen LogP contribution in [0.25, 0.3) is 0 Å². The molecule has 1 aliphatic carbocycles. The van der Waals surface area contributed by atoms with E-state index in [4.69, 9.17) is 5.11 Å². The Morgan fingerprint density at radius 1 is 0.885 bits per heavy atom. The van der Waals surface area contributed by atoms with E-state index in [1.807, 2.05) is 60.7 Å². The van der Waals surface area contributed by atoms with Gasteiger partial charge in [0.2, 0.25) is 5.91 Å². The Kier molecular flexibility index (Phi) is 4.84. The van der Waals surface area contributed by atoms with Crippen molar-refractivity contribution in [3.63, 3.8) is 0 Å². The monoisotopic (exact) mass is 350 g/mol. The first-order valence-corrected chi connectivity index (χ1v) is 8.16. The molecule has 0 unspecified atom stereocenters. The second kappa shape index (κ2) is 7.23. The van der Waals surface area contributed by atoms with Crippen molar-refractivity contribution in [1.29, 1.82) is 0 Å². The number of carboxylic acid groups (broad SMARTS) is 1. The van der Waals surface area contributed by atoms with E-state index in [9.17, 15) is 14.4 Å². The van der Waals surface area contributed by atoms with Gasteiger partial charge in [0.15, 0.2) is 0 Å². The summed E-state index contributed by atoms with van der Waals surface area (Å²) in [4.78, 5) is 34.5. The number of amides is 2. The van der Waals surface area contributed by atoms with E-state index in [0.29, 0.717) is 12.5 Å². The maximum atomic E-state index is 12.5. The van der Waals surface area contributed by atoms with Gasteiger partial charge in [0.1, 0.15) is 0 Å². The minimum absolute atomic E-state index is 0.310. The number of nitrogens with one attached hydrogen (secondary N) is 2. The number of carbonyl (C=O) groups excluding carboxylic acids is 2. The summed E-state index contributed by atoms with van der Waals surface area (Å²) >= 11 is 0. The molecule has 1 atom stereocenters. The standard InChI is InChI=1S/C20H18N2O4/c23-17(11-12-18(24)25)21-22-19(26)16-13-20(16,14-7-3-1-4-8-14)15-9-5-2-6-10-15/h1-12,16H,13H2,(H,21,23)(H,22,26)(H,24,25)/b12-11-/t16-/m1/s1. The molecule has 6 heteroatoms. The minimum atomic E-state index is -1.24. The Labute approximate surface area is 150 Å². The normalized spacial score (nSPS) is 17.5. The van der Waals surface area contributed by atoms with Gasteiger partial charge in [-0.1, -0.05) is 60.7 Å². The quantitative estimate of drug-likeness (QED) is 0.566. The number of aliphatic carboxylic acids is 1. The van der Waals surface area contributed by atoms with E-state index in [1.165, 1.54) is 0 Å². The van der Waals surface area contributed by atoms with E-state index in [0.717, 1.165) is 17.2 Å². The second-order valence-electron chi connectivity index (χ2n) is 6.11. The van der Waals surface area contributed by atoms with Crippen molar-refractivity contribution in [1.82, 2.24) is 10.9 Å². The van der Waals surface area contributed by atoms with Gasteiger partial charge in [0, 0.05) is 17.6 Å². The van der Waals surface area contributed by atoms with Gasteiger partial charge in [-0.05, 0) is 17.5 Å². The van der Waals surface area contributed by atoms with Crippen LogP contribution >= 0.6 is 0 Å². The van der Waals surface area contributed by atoms with Crippen LogP contribution in [0.15, 0.2) is 72.8 Å². The smallest absolute Gasteiger partial charge is 0.328 e. The van der Waals surface area contributed by atoms with E-state index in [2.05, 4.69) is 10.9 Å². The summed E-state index contributed by atoms with van der Waals surface area (Å²) in [5.74, 6) is -2.57. The fourth-order valence-electron chi connectivity index (χ4n) is 3.25. The summed E-state index contributed by atoms with van der Waals surface area (Å²) in [6, 6.07) is 19.6. The number of benzene rings is 2. The van der Waals surface area contributed by atoms with Crippen molar-refractivity contribution in [3.05, 3.63) is 83.9 Å². The van der Waals surface area contributed by atoms with Crippen LogP contribution in [-0.4, -0.2) is 22.9 Å². The Morgan fingerprint density at radius 2 is 1.42 bits per heavy atom. The molecular formula is C20H18N2O4. The first-order chi connectivity index (χ1) is 12.5. The average molecular weight is 350 g/mol. The predicted molar refractivity (Wildman–Crippen MR) is 94.8 cm³/mol. The highest BCUT2D eigenvalue weighted by molar-refractivity contribution is 5.95. The first kappa shape index (κ1) is 17.4. The van der Waals surface area contributed by atoms with Crippen molar-refractivity contribution < 1.29 is 19.5 Å². The molecule has 3 N–H and O–H groups in total. The maximum absolute atomic E-state index is 12.5. The highest BCUT2D eigenvalue weighted by atomic mass is 16.4. The van der Waals surface area contributed by atoms with E-state index in [-0.39, 0.29) is 11.8 Å². The molecule has 6 nitrogen and oxygen atoms in total. The van der Waals surface area contributed by atoms with Gasteiger partial charge < -0.3 is 5.11 Å². The van der Waals surface area contributed by atoms with Crippen molar-refractivity contribution in [2.24, 2.45) is 5.92 Å². The van der Waals surface area contributed by atoms with Gasteiger partial charge >= 0.3 is 5.97 Å². The average Bonchev–Trinajstić information content (AvgIpc) is 3.43. The fourth-order valence-corrected chi connectivity index (χ4v) is 3.25. The van der Waals surface area contributed by atoms with Gasteiger partial charge in [0.25, 0.3) is 5.91 Å². The van der Waals surface area contributed by atoms with Crippen LogP contribution in [-0.2, 0) is 19.8 Å². The number of carbonyl (C=O) groups is 3. The molecular weight excluding hydrogens is 332 g/mol. The molecule has 0 bridgehead atoms. The third-order valence-corrected chi connectivity index (χ3v) is 4.54. The molecule has 2 aromatic carbocycles. The van der Waals surface area contributed by atoms with Gasteiger partial charge in [-0.2, -0.15) is 0 Å². The Bertz CT molecular complexity index is 807. The summed E-state index contributed by atoms with van der Waals surface area (Å²) in [5.41, 5.74) is 6.26. The number of rotatable bonds is 5. The Balaban J connectivity index is 1.75. The number of hydrogen-bond donors (Lipinski definition) is 3. The fraction of sp³-hybridized carbons (Fsp3) is 0.150. The molecule has 1 fully saturated rings. The summed E-state index contributed by atoms with van der Waals surface area (Å²) in [7, 11) is 0. The third-order valence-electron chi connectivity index (χ3n) is 4.54. The van der Waals surface area contributed by atoms with E-state index < -0.39 is 17.3 Å². The largest absolute Gasteiger partial charge is 0.478 e. The highest BCUT2D eigenvalue weighted by Gasteiger charge is 2.60. The molecule has 3 rings (SSSR count). The minimum Gasteiger partial charge on any atom is -0.478 e. The lowest BCUT2D eigenvalue weighted by Crippen LogP contribution is -2.42. The highest BCUT2D eigenvalue weighted by Crippen LogP contribution is 2.58. The molecule has 2 aromatic rings. The third kappa shape index (κ3) is 3.49. The van der Waals surface area contributed by atoms with Crippen molar-refractivity contribution in [2.75, 3.05) is 0 Å². The van der Waals surface area contributed by atoms with Crippen molar-refractivity contribution in [2.45, 2.75) is 11.8 Å². The molecule has 1 saturated carbocycles. The summed E-state index contributed by atoms with van der Waals surface area (Å²) in [5, 5.41) is 8.50. The lowest BCUT2D eigenvalue weighted by atomic mass is 9.85. The van der Waals surface area contributed by atoms with Crippen LogP contribution in [0, 0.1) is 5.92 Å². The molecule has 132 valence electrons. The topological polar surface area (TPSA) is 95.5 Å². The summed E-state index contributed by atoms with van der Waals surface area (Å²) in [6.07, 6.45) is 2.18. The van der Waals surface area contributed by atoms with Crippen LogP contribution in [0.2, 0.25) is 0 Å². The number of hydrogen-bond acceptors (Lipinski definition) is 3. The molecule has 0 aliphatic heterocycles. The van der Waals surface area contributed by atoms with Gasteiger partial charge in [-0.3, -0.25) is 20.4 Å². The molecule has 0 radical (unpaired) electrons. The summed E-state index contributed by atoms with van der Waals surface area (Å²) in [6.45, 7) is 0. The molecule has 2 amide bonds. The Hall–Kier alpha value is -3.41. The Morgan fingerprint density at radius 3 is 1.92 bits per heavy atom. The summed E-state index contributed by atoms with van der Waals surface area (Å²) < 4.78 is 0. The first-order valence-electron chi connectivity index (χ1n) is 8.16. The van der Waals surface area contributed by atoms with Crippen molar-refractivity contribution >= 4 is 17.8 Å². The lowest BCUT2D eigenvalue weighted by molar-refractivity contribution is -0.131. The van der Waals surface area contributed by atoms with Crippen LogP contribution in [0.1, 0.15) is 17.5 Å². The van der Waals surface area contributed by atoms with Crippen LogP contribution in [0.5, 0.6) is 0 Å². The SMILES string of the molecule is O=C(O)/C=C\C(=O)NNC(=O)[C@H]1CC1(c1ccccc1)c1ccccc1. The number of carboxylic acids is 1. The molecule has 1 aliphatic rings. The van der Waals surface area contributed by atoms with Crippen LogP contribution < -0.4 is 10.9 Å².